The molecule has 1 aromatic carbocycles. The number of carbonyl (C=O) groups excluding carboxylic acids is 1. The quantitative estimate of drug-likeness (QED) is 0.535. The van der Waals surface area contributed by atoms with Gasteiger partial charge in [0.1, 0.15) is 11.4 Å². The number of aromatic nitrogens is 3. The summed E-state index contributed by atoms with van der Waals surface area (Å²) in [6.07, 6.45) is 1.53. The third kappa shape index (κ3) is 4.43. The molecule has 0 aliphatic rings. The summed E-state index contributed by atoms with van der Waals surface area (Å²) >= 11 is 2.89. The molecular weight excluding hydrogens is 352 g/mol. The molecule has 2 heterocycles. The van der Waals surface area contributed by atoms with Gasteiger partial charge in [-0.2, -0.15) is 0 Å². The molecular formula is C18H18N4OS2. The first-order valence-electron chi connectivity index (χ1n) is 7.82. The van der Waals surface area contributed by atoms with E-state index in [2.05, 4.69) is 20.3 Å². The lowest BCUT2D eigenvalue weighted by atomic mass is 10.1. The van der Waals surface area contributed by atoms with Crippen LogP contribution in [0.5, 0.6) is 0 Å². The van der Waals surface area contributed by atoms with Crippen molar-refractivity contribution in [3.63, 3.8) is 0 Å². The fourth-order valence-corrected chi connectivity index (χ4v) is 3.77. The zero-order valence-electron chi connectivity index (χ0n) is 14.2. The predicted molar refractivity (Wildman–Crippen MR) is 103 cm³/mol. The number of thiazole rings is 1. The second-order valence-corrected chi connectivity index (χ2v) is 8.08. The zero-order valence-corrected chi connectivity index (χ0v) is 15.8. The summed E-state index contributed by atoms with van der Waals surface area (Å²) in [4.78, 5) is 26.4. The van der Waals surface area contributed by atoms with Gasteiger partial charge in [0.25, 0.3) is 0 Å². The smallest absolute Gasteiger partial charge is 0.239 e. The lowest BCUT2D eigenvalue weighted by Gasteiger charge is -2.10. The average molecular weight is 371 g/mol. The van der Waals surface area contributed by atoms with E-state index in [0.29, 0.717) is 5.13 Å². The van der Waals surface area contributed by atoms with E-state index in [1.165, 1.54) is 29.4 Å². The van der Waals surface area contributed by atoms with Crippen LogP contribution in [-0.4, -0.2) is 26.1 Å². The Kier molecular flexibility index (Phi) is 5.45. The lowest BCUT2D eigenvalue weighted by Crippen LogP contribution is -2.22. The highest BCUT2D eigenvalue weighted by molar-refractivity contribution is 8.00. The van der Waals surface area contributed by atoms with Crippen molar-refractivity contribution in [3.8, 4) is 11.3 Å². The maximum Gasteiger partial charge on any atom is 0.239 e. The molecule has 7 heteroatoms. The molecule has 0 aliphatic heterocycles. The van der Waals surface area contributed by atoms with E-state index in [1.807, 2.05) is 57.2 Å². The topological polar surface area (TPSA) is 67.8 Å². The van der Waals surface area contributed by atoms with Gasteiger partial charge in [-0.3, -0.25) is 4.79 Å². The number of amides is 1. The number of hydrogen-bond acceptors (Lipinski definition) is 6. The van der Waals surface area contributed by atoms with Gasteiger partial charge in [-0.25, -0.2) is 15.0 Å². The highest BCUT2D eigenvalue weighted by Crippen LogP contribution is 2.27. The van der Waals surface area contributed by atoms with Crippen LogP contribution in [0.4, 0.5) is 5.13 Å². The largest absolute Gasteiger partial charge is 0.301 e. The van der Waals surface area contributed by atoms with E-state index in [1.54, 1.807) is 0 Å². The monoisotopic (exact) mass is 370 g/mol. The van der Waals surface area contributed by atoms with Crippen LogP contribution in [0.3, 0.4) is 0 Å². The van der Waals surface area contributed by atoms with Gasteiger partial charge in [0.2, 0.25) is 5.91 Å². The molecule has 0 aliphatic carbocycles. The molecule has 3 aromatic rings. The van der Waals surface area contributed by atoms with Gasteiger partial charge in [-0.1, -0.05) is 42.1 Å². The number of thioether (sulfide) groups is 1. The molecule has 5 nitrogen and oxygen atoms in total. The van der Waals surface area contributed by atoms with Crippen LogP contribution >= 0.6 is 23.1 Å². The number of aryl methyl sites for hydroxylation is 2. The van der Waals surface area contributed by atoms with E-state index in [9.17, 15) is 4.79 Å². The Labute approximate surface area is 155 Å². The van der Waals surface area contributed by atoms with Crippen LogP contribution in [0.25, 0.3) is 11.3 Å². The number of nitrogens with one attached hydrogen (secondary N) is 1. The molecule has 0 radical (unpaired) electrons. The SMILES string of the molecule is Cc1nc(NC(=O)C(C)Sc2cc(-c3ccccc3)ncn2)sc1C. The van der Waals surface area contributed by atoms with Crippen molar-refractivity contribution in [3.05, 3.63) is 53.3 Å². The third-order valence-electron chi connectivity index (χ3n) is 3.64. The Morgan fingerprint density at radius 1 is 1.20 bits per heavy atom. The van der Waals surface area contributed by atoms with Crippen LogP contribution in [0.1, 0.15) is 17.5 Å². The Morgan fingerprint density at radius 3 is 2.64 bits per heavy atom. The summed E-state index contributed by atoms with van der Waals surface area (Å²) in [6.45, 7) is 5.79. The Hall–Kier alpha value is -2.25. The molecule has 1 N–H and O–H groups in total. The molecule has 3 rings (SSSR count). The Bertz CT molecular complexity index is 860. The minimum Gasteiger partial charge on any atom is -0.301 e. The first kappa shape index (κ1) is 17.6. The summed E-state index contributed by atoms with van der Waals surface area (Å²) < 4.78 is 0. The first-order valence-corrected chi connectivity index (χ1v) is 9.51. The van der Waals surface area contributed by atoms with E-state index < -0.39 is 0 Å². The maximum absolute atomic E-state index is 12.4. The maximum atomic E-state index is 12.4. The molecule has 25 heavy (non-hydrogen) atoms. The number of benzene rings is 1. The zero-order chi connectivity index (χ0) is 17.8. The second-order valence-electron chi connectivity index (χ2n) is 5.52. The summed E-state index contributed by atoms with van der Waals surface area (Å²) in [5.74, 6) is -0.0846. The molecule has 0 fully saturated rings. The minimum atomic E-state index is -0.289. The number of nitrogens with zero attached hydrogens (tertiary/aromatic N) is 3. The molecule has 128 valence electrons. The van der Waals surface area contributed by atoms with Gasteiger partial charge in [0, 0.05) is 10.4 Å². The fourth-order valence-electron chi connectivity index (χ4n) is 2.14. The lowest BCUT2D eigenvalue weighted by molar-refractivity contribution is -0.115. The molecule has 1 amide bonds. The summed E-state index contributed by atoms with van der Waals surface area (Å²) in [5, 5.41) is 3.99. The van der Waals surface area contributed by atoms with E-state index in [-0.39, 0.29) is 11.2 Å². The molecule has 0 saturated heterocycles. The van der Waals surface area contributed by atoms with Crippen molar-refractivity contribution in [1.29, 1.82) is 0 Å². The standard InChI is InChI=1S/C18H18N4OS2/c1-11-12(2)25-18(21-11)22-17(23)13(3)24-16-9-15(19-10-20-16)14-7-5-4-6-8-14/h4-10,13H,1-3H3,(H,21,22,23). The number of rotatable bonds is 5. The van der Waals surface area contributed by atoms with Gasteiger partial charge in [0.15, 0.2) is 5.13 Å². The number of hydrogen-bond donors (Lipinski definition) is 1. The fraction of sp³-hybridized carbons (Fsp3) is 0.222. The van der Waals surface area contributed by atoms with Crippen LogP contribution in [0.15, 0.2) is 47.8 Å². The van der Waals surface area contributed by atoms with Gasteiger partial charge < -0.3 is 5.32 Å². The van der Waals surface area contributed by atoms with E-state index in [0.717, 1.165) is 26.9 Å². The third-order valence-corrected chi connectivity index (χ3v) is 5.66. The average Bonchev–Trinajstić information content (AvgIpc) is 2.93. The summed E-state index contributed by atoms with van der Waals surface area (Å²) in [6, 6.07) is 11.8. The van der Waals surface area contributed by atoms with Crippen molar-refractivity contribution in [1.82, 2.24) is 15.0 Å². The van der Waals surface area contributed by atoms with E-state index in [4.69, 9.17) is 0 Å². The van der Waals surface area contributed by atoms with Gasteiger partial charge in [-0.15, -0.1) is 11.3 Å². The van der Waals surface area contributed by atoms with Crippen molar-refractivity contribution < 1.29 is 4.79 Å². The first-order chi connectivity index (χ1) is 12.0. The molecule has 1 atom stereocenters. The van der Waals surface area contributed by atoms with Gasteiger partial charge >= 0.3 is 0 Å². The van der Waals surface area contributed by atoms with Crippen LogP contribution in [-0.2, 0) is 4.79 Å². The second kappa shape index (κ2) is 7.76. The molecule has 0 bridgehead atoms. The normalized spacial score (nSPS) is 12.0. The van der Waals surface area contributed by atoms with Crippen molar-refractivity contribution in [2.75, 3.05) is 5.32 Å². The van der Waals surface area contributed by atoms with Crippen molar-refractivity contribution >= 4 is 34.1 Å². The molecule has 1 unspecified atom stereocenters. The number of carbonyl (C=O) groups is 1. The highest BCUT2D eigenvalue weighted by atomic mass is 32.2. The van der Waals surface area contributed by atoms with Crippen LogP contribution < -0.4 is 5.32 Å². The summed E-state index contributed by atoms with van der Waals surface area (Å²) in [7, 11) is 0. The van der Waals surface area contributed by atoms with Crippen molar-refractivity contribution in [2.24, 2.45) is 0 Å². The van der Waals surface area contributed by atoms with E-state index >= 15 is 0 Å². The molecule has 0 saturated carbocycles. The van der Waals surface area contributed by atoms with Crippen LogP contribution in [0.2, 0.25) is 0 Å². The van der Waals surface area contributed by atoms with Gasteiger partial charge in [0.05, 0.1) is 16.6 Å². The van der Waals surface area contributed by atoms with Crippen molar-refractivity contribution in [2.45, 2.75) is 31.0 Å². The summed E-state index contributed by atoms with van der Waals surface area (Å²) in [5.41, 5.74) is 2.82. The Balaban J connectivity index is 1.68. The van der Waals surface area contributed by atoms with Gasteiger partial charge in [-0.05, 0) is 26.8 Å². The Morgan fingerprint density at radius 2 is 1.96 bits per heavy atom. The molecule has 0 spiro atoms. The number of anilines is 1. The predicted octanol–water partition coefficient (Wildman–Crippen LogP) is 4.34. The van der Waals surface area contributed by atoms with Crippen LogP contribution in [0, 0.1) is 13.8 Å². The minimum absolute atomic E-state index is 0.0846. The molecule has 2 aromatic heterocycles. The highest BCUT2D eigenvalue weighted by Gasteiger charge is 2.17.